The molecule has 0 saturated heterocycles. The van der Waals surface area contributed by atoms with Crippen LogP contribution in [0.1, 0.15) is 33.3 Å². The zero-order chi connectivity index (χ0) is 17.8. The number of ether oxygens (including phenoxy) is 1. The van der Waals surface area contributed by atoms with Crippen molar-refractivity contribution in [2.45, 2.75) is 40.4 Å². The molecule has 1 heterocycles. The van der Waals surface area contributed by atoms with Crippen LogP contribution in [0.2, 0.25) is 0 Å². The van der Waals surface area contributed by atoms with Gasteiger partial charge in [0.15, 0.2) is 0 Å². The Balaban J connectivity index is 2.89. The van der Waals surface area contributed by atoms with Crippen molar-refractivity contribution in [3.05, 3.63) is 23.9 Å². The summed E-state index contributed by atoms with van der Waals surface area (Å²) in [6, 6.07) is 3.15. The topological polar surface area (TPSA) is 109 Å². The summed E-state index contributed by atoms with van der Waals surface area (Å²) in [5.74, 6) is 0.215. The Hall–Kier alpha value is -1.47. The van der Waals surface area contributed by atoms with E-state index in [-0.39, 0.29) is 23.9 Å². The Bertz CT molecular complexity index is 595. The molecule has 23 heavy (non-hydrogen) atoms. The van der Waals surface area contributed by atoms with Gasteiger partial charge in [-0.05, 0) is 18.4 Å². The Kier molecular flexibility index (Phi) is 6.30. The molecule has 0 spiro atoms. The number of hydrogen-bond acceptors (Lipinski definition) is 5. The van der Waals surface area contributed by atoms with Crippen LogP contribution in [0.3, 0.4) is 0 Å². The lowest BCUT2D eigenvalue weighted by molar-refractivity contribution is 0.0488. The van der Waals surface area contributed by atoms with Gasteiger partial charge in [-0.15, -0.1) is 0 Å². The minimum Gasteiger partial charge on any atom is -0.446 e. The third-order valence-corrected chi connectivity index (χ3v) is 3.81. The lowest BCUT2D eigenvalue weighted by atomic mass is 9.90. The second kappa shape index (κ2) is 7.40. The van der Waals surface area contributed by atoms with Crippen LogP contribution in [0.15, 0.2) is 18.3 Å². The first-order valence-electron chi connectivity index (χ1n) is 7.00. The molecule has 0 aromatic carbocycles. The van der Waals surface area contributed by atoms with Gasteiger partial charge in [0.2, 0.25) is 0 Å². The highest BCUT2D eigenvalue weighted by Crippen LogP contribution is 2.37. The van der Waals surface area contributed by atoms with E-state index in [0.717, 1.165) is 0 Å². The van der Waals surface area contributed by atoms with Crippen LogP contribution in [0, 0.1) is 5.41 Å². The molecule has 0 aliphatic rings. The summed E-state index contributed by atoms with van der Waals surface area (Å²) < 4.78 is 20.7. The predicted molar refractivity (Wildman–Crippen MR) is 84.9 cm³/mol. The van der Waals surface area contributed by atoms with Crippen LogP contribution >= 0.6 is 7.82 Å². The van der Waals surface area contributed by atoms with E-state index in [4.69, 9.17) is 14.5 Å². The van der Waals surface area contributed by atoms with Crippen molar-refractivity contribution in [3.8, 4) is 0 Å². The Morgan fingerprint density at radius 3 is 2.57 bits per heavy atom. The van der Waals surface area contributed by atoms with Gasteiger partial charge in [-0.2, -0.15) is 0 Å². The molecular weight excluding hydrogens is 323 g/mol. The summed E-state index contributed by atoms with van der Waals surface area (Å²) in [4.78, 5) is 35.0. The highest BCUT2D eigenvalue weighted by molar-refractivity contribution is 7.46. The van der Waals surface area contributed by atoms with Gasteiger partial charge in [-0.1, -0.05) is 26.8 Å². The molecule has 1 atom stereocenters. The van der Waals surface area contributed by atoms with Crippen molar-refractivity contribution < 1.29 is 28.4 Å². The number of phosphoric acid groups is 1. The molecule has 1 rings (SSSR count). The zero-order valence-corrected chi connectivity index (χ0v) is 14.8. The SMILES string of the molecule is CC(OC(=O)N(C)c1ncccc1COP(=O)(O)O)C(C)(C)C. The molecule has 1 aromatic heterocycles. The molecule has 1 unspecified atom stereocenters. The lowest BCUT2D eigenvalue weighted by Gasteiger charge is -2.29. The van der Waals surface area contributed by atoms with Crippen LogP contribution in [0.4, 0.5) is 10.6 Å². The van der Waals surface area contributed by atoms with E-state index in [1.165, 1.54) is 18.1 Å². The molecule has 9 heteroatoms. The standard InChI is InChI=1S/C14H23N2O6P/c1-10(14(2,3)4)22-13(17)16(5)12-11(7-6-8-15-12)9-21-23(18,19)20/h6-8,10H,9H2,1-5H3,(H2,18,19,20). The number of carbonyl (C=O) groups is 1. The number of anilines is 1. The van der Waals surface area contributed by atoms with Gasteiger partial charge in [0.05, 0.1) is 6.61 Å². The summed E-state index contributed by atoms with van der Waals surface area (Å²) in [5.41, 5.74) is 0.145. The number of carbonyl (C=O) groups excluding carboxylic acids is 1. The van der Waals surface area contributed by atoms with E-state index in [1.807, 2.05) is 20.8 Å². The van der Waals surface area contributed by atoms with Crippen LogP contribution in [0.5, 0.6) is 0 Å². The summed E-state index contributed by atoms with van der Waals surface area (Å²) in [6.45, 7) is 7.27. The van der Waals surface area contributed by atoms with Crippen LogP contribution in [0.25, 0.3) is 0 Å². The highest BCUT2D eigenvalue weighted by atomic mass is 31.2. The van der Waals surface area contributed by atoms with E-state index in [2.05, 4.69) is 9.51 Å². The van der Waals surface area contributed by atoms with E-state index in [1.54, 1.807) is 19.1 Å². The van der Waals surface area contributed by atoms with Crippen molar-refractivity contribution in [1.82, 2.24) is 4.98 Å². The maximum atomic E-state index is 12.2. The normalized spacial score (nSPS) is 13.5. The average molecular weight is 346 g/mol. The molecule has 0 saturated carbocycles. The van der Waals surface area contributed by atoms with Crippen LogP contribution in [-0.2, 0) is 20.4 Å². The summed E-state index contributed by atoms with van der Waals surface area (Å²) >= 11 is 0. The molecule has 1 amide bonds. The van der Waals surface area contributed by atoms with Crippen molar-refractivity contribution >= 4 is 19.7 Å². The Morgan fingerprint density at radius 2 is 2.04 bits per heavy atom. The highest BCUT2D eigenvalue weighted by Gasteiger charge is 2.27. The molecule has 2 N–H and O–H groups in total. The summed E-state index contributed by atoms with van der Waals surface area (Å²) in [5, 5.41) is 0. The Labute approximate surface area is 135 Å². The molecule has 1 aromatic rings. The minimum absolute atomic E-state index is 0.215. The smallest absolute Gasteiger partial charge is 0.446 e. The van der Waals surface area contributed by atoms with Crippen molar-refractivity contribution in [3.63, 3.8) is 0 Å². The number of hydrogen-bond donors (Lipinski definition) is 2. The van der Waals surface area contributed by atoms with E-state index < -0.39 is 13.9 Å². The van der Waals surface area contributed by atoms with Gasteiger partial charge in [-0.3, -0.25) is 9.42 Å². The third-order valence-electron chi connectivity index (χ3n) is 3.34. The largest absolute Gasteiger partial charge is 0.469 e. The van der Waals surface area contributed by atoms with Crippen LogP contribution < -0.4 is 4.90 Å². The van der Waals surface area contributed by atoms with Gasteiger partial charge in [-0.25, -0.2) is 14.3 Å². The van der Waals surface area contributed by atoms with Crippen molar-refractivity contribution in [2.24, 2.45) is 5.41 Å². The van der Waals surface area contributed by atoms with Gasteiger partial charge in [0.25, 0.3) is 0 Å². The number of pyridine rings is 1. The average Bonchev–Trinajstić information content (AvgIpc) is 2.42. The van der Waals surface area contributed by atoms with Gasteiger partial charge in [0, 0.05) is 18.8 Å². The molecule has 0 aliphatic heterocycles. The van der Waals surface area contributed by atoms with E-state index in [0.29, 0.717) is 5.56 Å². The zero-order valence-electron chi connectivity index (χ0n) is 13.9. The quantitative estimate of drug-likeness (QED) is 0.789. The number of aromatic nitrogens is 1. The van der Waals surface area contributed by atoms with Crippen LogP contribution in [-0.4, -0.2) is 34.0 Å². The summed E-state index contributed by atoms with van der Waals surface area (Å²) in [6.07, 6.45) is 0.535. The first-order valence-corrected chi connectivity index (χ1v) is 8.53. The minimum atomic E-state index is -4.61. The number of rotatable bonds is 5. The fourth-order valence-electron chi connectivity index (χ4n) is 1.49. The summed E-state index contributed by atoms with van der Waals surface area (Å²) in [7, 11) is -3.14. The van der Waals surface area contributed by atoms with Crippen molar-refractivity contribution in [1.29, 1.82) is 0 Å². The monoisotopic (exact) mass is 346 g/mol. The second-order valence-electron chi connectivity index (χ2n) is 6.20. The fourth-order valence-corrected chi connectivity index (χ4v) is 1.80. The Morgan fingerprint density at radius 1 is 1.43 bits per heavy atom. The molecule has 0 aliphatic carbocycles. The first-order chi connectivity index (χ1) is 10.4. The first kappa shape index (κ1) is 19.6. The van der Waals surface area contributed by atoms with E-state index in [9.17, 15) is 9.36 Å². The predicted octanol–water partition coefficient (Wildman–Crippen LogP) is 2.70. The third kappa shape index (κ3) is 6.27. The molecule has 0 bridgehead atoms. The second-order valence-corrected chi connectivity index (χ2v) is 7.44. The molecule has 0 radical (unpaired) electrons. The van der Waals surface area contributed by atoms with E-state index >= 15 is 0 Å². The number of phosphoric ester groups is 1. The van der Waals surface area contributed by atoms with Gasteiger partial charge in [0.1, 0.15) is 11.9 Å². The number of amides is 1. The number of nitrogens with zero attached hydrogens (tertiary/aromatic N) is 2. The maximum Gasteiger partial charge on any atom is 0.469 e. The van der Waals surface area contributed by atoms with Gasteiger partial charge >= 0.3 is 13.9 Å². The maximum absolute atomic E-state index is 12.2. The fraction of sp³-hybridized carbons (Fsp3) is 0.571. The van der Waals surface area contributed by atoms with Gasteiger partial charge < -0.3 is 14.5 Å². The molecule has 130 valence electrons. The van der Waals surface area contributed by atoms with Crippen molar-refractivity contribution in [2.75, 3.05) is 11.9 Å². The molecule has 8 nitrogen and oxygen atoms in total. The lowest BCUT2D eigenvalue weighted by Crippen LogP contribution is -2.36. The molecular formula is C14H23N2O6P. The molecule has 0 fully saturated rings.